The Bertz CT molecular complexity index is 585. The van der Waals surface area contributed by atoms with Gasteiger partial charge < -0.3 is 20.1 Å². The number of benzene rings is 1. The second-order valence-corrected chi connectivity index (χ2v) is 5.36. The van der Waals surface area contributed by atoms with Crippen LogP contribution >= 0.6 is 0 Å². The van der Waals surface area contributed by atoms with Crippen LogP contribution in [0.3, 0.4) is 0 Å². The first-order valence-corrected chi connectivity index (χ1v) is 7.47. The lowest BCUT2D eigenvalue weighted by molar-refractivity contribution is -0.148. The summed E-state index contributed by atoms with van der Waals surface area (Å²) in [6, 6.07) is 6.11. The third kappa shape index (κ3) is 4.45. The summed E-state index contributed by atoms with van der Waals surface area (Å²) in [5, 5.41) is 11.8. The summed E-state index contributed by atoms with van der Waals surface area (Å²) >= 11 is 0. The van der Waals surface area contributed by atoms with Crippen LogP contribution in [0.15, 0.2) is 24.3 Å². The van der Waals surface area contributed by atoms with Crippen LogP contribution in [0.2, 0.25) is 0 Å². The number of anilines is 1. The van der Waals surface area contributed by atoms with Gasteiger partial charge in [0.25, 0.3) is 0 Å². The second-order valence-electron chi connectivity index (χ2n) is 5.36. The minimum atomic E-state index is -0.987. The lowest BCUT2D eigenvalue weighted by atomic mass is 10.2. The standard InChI is InChI=1S/C16H20N2O5/c1-23-12-6-4-11(5-7-12)17-14(19)8-9-15(20)18-10-2-3-13(18)16(21)22/h4-7,13H,2-3,8-10H2,1H3,(H,17,19)(H,21,22). The molecule has 2 N–H and O–H groups in total. The number of hydrogen-bond acceptors (Lipinski definition) is 4. The Morgan fingerprint density at radius 2 is 1.96 bits per heavy atom. The summed E-state index contributed by atoms with van der Waals surface area (Å²) in [5.41, 5.74) is 0.618. The highest BCUT2D eigenvalue weighted by Crippen LogP contribution is 2.19. The molecule has 2 rings (SSSR count). The van der Waals surface area contributed by atoms with E-state index in [0.29, 0.717) is 30.8 Å². The number of nitrogens with zero attached hydrogens (tertiary/aromatic N) is 1. The highest BCUT2D eigenvalue weighted by molar-refractivity contribution is 5.94. The Balaban J connectivity index is 1.81. The zero-order valence-electron chi connectivity index (χ0n) is 12.9. The molecule has 7 nitrogen and oxygen atoms in total. The quantitative estimate of drug-likeness (QED) is 0.828. The van der Waals surface area contributed by atoms with Crippen LogP contribution < -0.4 is 10.1 Å². The van der Waals surface area contributed by atoms with E-state index in [1.807, 2.05) is 0 Å². The van der Waals surface area contributed by atoms with E-state index in [1.54, 1.807) is 31.4 Å². The fourth-order valence-electron chi connectivity index (χ4n) is 2.58. The lowest BCUT2D eigenvalue weighted by Crippen LogP contribution is -2.40. The van der Waals surface area contributed by atoms with Crippen LogP contribution in [0.4, 0.5) is 5.69 Å². The molecule has 0 aromatic heterocycles. The molecule has 7 heteroatoms. The van der Waals surface area contributed by atoms with Gasteiger partial charge in [0, 0.05) is 25.1 Å². The summed E-state index contributed by atoms with van der Waals surface area (Å²) in [6.07, 6.45) is 1.18. The van der Waals surface area contributed by atoms with Crippen LogP contribution in [0.25, 0.3) is 0 Å². The van der Waals surface area contributed by atoms with Crippen LogP contribution in [0, 0.1) is 0 Å². The van der Waals surface area contributed by atoms with E-state index in [-0.39, 0.29) is 24.7 Å². The highest BCUT2D eigenvalue weighted by Gasteiger charge is 2.33. The summed E-state index contributed by atoms with van der Waals surface area (Å²) in [6.45, 7) is 0.440. The Hall–Kier alpha value is -2.57. The maximum absolute atomic E-state index is 12.1. The fourth-order valence-corrected chi connectivity index (χ4v) is 2.58. The molecule has 0 bridgehead atoms. The van der Waals surface area contributed by atoms with Crippen LogP contribution in [0.1, 0.15) is 25.7 Å². The molecule has 0 saturated carbocycles. The molecule has 23 heavy (non-hydrogen) atoms. The largest absolute Gasteiger partial charge is 0.497 e. The molecule has 1 atom stereocenters. The van der Waals surface area contributed by atoms with Gasteiger partial charge in [0.05, 0.1) is 7.11 Å². The monoisotopic (exact) mass is 320 g/mol. The first kappa shape index (κ1) is 16.8. The number of likely N-dealkylation sites (tertiary alicyclic amines) is 1. The zero-order chi connectivity index (χ0) is 16.8. The number of amides is 2. The van der Waals surface area contributed by atoms with Gasteiger partial charge in [-0.05, 0) is 37.1 Å². The van der Waals surface area contributed by atoms with Crippen molar-refractivity contribution in [3.8, 4) is 5.75 Å². The molecule has 1 unspecified atom stereocenters. The molecule has 1 fully saturated rings. The first-order chi connectivity index (χ1) is 11.0. The predicted octanol–water partition coefficient (Wildman–Crippen LogP) is 1.49. The number of carbonyl (C=O) groups is 3. The average molecular weight is 320 g/mol. The molecule has 1 aliphatic heterocycles. The Labute approximate surface area is 134 Å². The maximum atomic E-state index is 12.1. The van der Waals surface area contributed by atoms with E-state index in [0.717, 1.165) is 0 Å². The van der Waals surface area contributed by atoms with Gasteiger partial charge in [0.15, 0.2) is 0 Å². The zero-order valence-corrected chi connectivity index (χ0v) is 12.9. The second kappa shape index (κ2) is 7.62. The Morgan fingerprint density at radius 1 is 1.26 bits per heavy atom. The van der Waals surface area contributed by atoms with Crippen molar-refractivity contribution in [2.24, 2.45) is 0 Å². The number of carbonyl (C=O) groups excluding carboxylic acids is 2. The van der Waals surface area contributed by atoms with Crippen molar-refractivity contribution >= 4 is 23.5 Å². The van der Waals surface area contributed by atoms with Gasteiger partial charge in [-0.2, -0.15) is 0 Å². The van der Waals surface area contributed by atoms with Gasteiger partial charge in [0.2, 0.25) is 11.8 Å². The smallest absolute Gasteiger partial charge is 0.326 e. The molecule has 1 aromatic carbocycles. The summed E-state index contributed by atoms with van der Waals surface area (Å²) in [5.74, 6) is -0.875. The predicted molar refractivity (Wildman–Crippen MR) is 83.2 cm³/mol. The van der Waals surface area contributed by atoms with E-state index in [1.165, 1.54) is 4.90 Å². The first-order valence-electron chi connectivity index (χ1n) is 7.47. The molecular formula is C16H20N2O5. The van der Waals surface area contributed by atoms with Gasteiger partial charge in [-0.25, -0.2) is 4.79 Å². The number of nitrogens with one attached hydrogen (secondary N) is 1. The molecule has 124 valence electrons. The summed E-state index contributed by atoms with van der Waals surface area (Å²) in [4.78, 5) is 36.4. The normalized spacial score (nSPS) is 16.9. The third-order valence-electron chi connectivity index (χ3n) is 3.80. The van der Waals surface area contributed by atoms with E-state index in [2.05, 4.69) is 5.32 Å². The number of carboxylic acids is 1. The number of methoxy groups -OCH3 is 1. The summed E-state index contributed by atoms with van der Waals surface area (Å²) < 4.78 is 5.03. The molecule has 2 amide bonds. The van der Waals surface area contributed by atoms with Crippen LogP contribution in [0.5, 0.6) is 5.75 Å². The number of hydrogen-bond donors (Lipinski definition) is 2. The van der Waals surface area contributed by atoms with Crippen molar-refractivity contribution in [1.29, 1.82) is 0 Å². The molecule has 1 aliphatic rings. The van der Waals surface area contributed by atoms with Crippen molar-refractivity contribution in [3.05, 3.63) is 24.3 Å². The van der Waals surface area contributed by atoms with E-state index in [9.17, 15) is 14.4 Å². The van der Waals surface area contributed by atoms with Crippen molar-refractivity contribution in [2.45, 2.75) is 31.7 Å². The van der Waals surface area contributed by atoms with Crippen molar-refractivity contribution < 1.29 is 24.2 Å². The van der Waals surface area contributed by atoms with Gasteiger partial charge >= 0.3 is 5.97 Å². The summed E-state index contributed by atoms with van der Waals surface area (Å²) in [7, 11) is 1.56. The lowest BCUT2D eigenvalue weighted by Gasteiger charge is -2.21. The van der Waals surface area contributed by atoms with E-state index >= 15 is 0 Å². The van der Waals surface area contributed by atoms with Crippen molar-refractivity contribution in [3.63, 3.8) is 0 Å². The Morgan fingerprint density at radius 3 is 2.57 bits per heavy atom. The van der Waals surface area contributed by atoms with Crippen LogP contribution in [-0.4, -0.2) is 47.5 Å². The van der Waals surface area contributed by atoms with Crippen molar-refractivity contribution in [2.75, 3.05) is 19.0 Å². The average Bonchev–Trinajstić information content (AvgIpc) is 3.03. The third-order valence-corrected chi connectivity index (χ3v) is 3.80. The SMILES string of the molecule is COc1ccc(NC(=O)CCC(=O)N2CCCC2C(=O)O)cc1. The van der Waals surface area contributed by atoms with Gasteiger partial charge in [0.1, 0.15) is 11.8 Å². The fraction of sp³-hybridized carbons (Fsp3) is 0.438. The molecule has 1 saturated heterocycles. The number of carboxylic acid groups (broad SMARTS) is 1. The molecular weight excluding hydrogens is 300 g/mol. The van der Waals surface area contributed by atoms with Gasteiger partial charge in [-0.15, -0.1) is 0 Å². The maximum Gasteiger partial charge on any atom is 0.326 e. The number of aliphatic carboxylic acids is 1. The van der Waals surface area contributed by atoms with Gasteiger partial charge in [-0.1, -0.05) is 0 Å². The molecule has 0 radical (unpaired) electrons. The molecule has 1 aromatic rings. The topological polar surface area (TPSA) is 95.9 Å². The molecule has 0 aliphatic carbocycles. The van der Waals surface area contributed by atoms with E-state index in [4.69, 9.17) is 9.84 Å². The molecule has 0 spiro atoms. The number of ether oxygens (including phenoxy) is 1. The minimum Gasteiger partial charge on any atom is -0.497 e. The highest BCUT2D eigenvalue weighted by atomic mass is 16.5. The van der Waals surface area contributed by atoms with Crippen molar-refractivity contribution in [1.82, 2.24) is 4.90 Å². The van der Waals surface area contributed by atoms with Crippen LogP contribution in [-0.2, 0) is 14.4 Å². The number of rotatable bonds is 6. The minimum absolute atomic E-state index is 0.00572. The van der Waals surface area contributed by atoms with Gasteiger partial charge in [-0.3, -0.25) is 9.59 Å². The molecule has 1 heterocycles. The Kier molecular flexibility index (Phi) is 5.56. The van der Waals surface area contributed by atoms with E-state index < -0.39 is 12.0 Å².